The fraction of sp³-hybridized carbons (Fsp3) is 0. The molecule has 0 heterocycles. The van der Waals surface area contributed by atoms with Crippen molar-refractivity contribution in [1.82, 2.24) is 0 Å². The molecule has 162 valence electrons. The minimum absolute atomic E-state index is 0.00702. The molecule has 0 aromatic heterocycles. The molecule has 3 aromatic rings. The van der Waals surface area contributed by atoms with Crippen LogP contribution in [0.5, 0.6) is 0 Å². The lowest BCUT2D eigenvalue weighted by Crippen LogP contribution is -2.13. The number of allylic oxidation sites excluding steroid dienone is 1. The quantitative estimate of drug-likeness (QED) is 0.167. The minimum atomic E-state index is -3.80. The van der Waals surface area contributed by atoms with Crippen LogP contribution in [0.3, 0.4) is 0 Å². The Labute approximate surface area is 191 Å². The number of ketones is 1. The average Bonchev–Trinajstić information content (AvgIpc) is 2.80. The second kappa shape index (κ2) is 10.1. The summed E-state index contributed by atoms with van der Waals surface area (Å²) < 4.78 is 22.7. The van der Waals surface area contributed by atoms with Gasteiger partial charge in [0.15, 0.2) is 10.9 Å². The van der Waals surface area contributed by atoms with Crippen molar-refractivity contribution in [2.24, 2.45) is 10.1 Å². The van der Waals surface area contributed by atoms with Crippen LogP contribution in [-0.2, 0) is 10.0 Å². The Bertz CT molecular complexity index is 1290. The monoisotopic (exact) mass is 465 g/mol. The molecule has 0 aliphatic rings. The summed E-state index contributed by atoms with van der Waals surface area (Å²) in [4.78, 5) is 17.1. The topological polar surface area (TPSA) is 122 Å². The standard InChI is InChI=1S/C23H19N3O4S2/c24-32(29,30)19-13-11-18(12-14-19)26-23(31)25-15-20(21(27)16-7-3-1-4-8-16)22(28)17-9-5-2-6-10-17/h1-15,27H,(H,26,31)(H2,24,29,30)/b21-20-,25-15+. The molecule has 0 fully saturated rings. The highest BCUT2D eigenvalue weighted by Gasteiger charge is 2.17. The molecule has 4 N–H and O–H groups in total. The van der Waals surface area contributed by atoms with E-state index in [2.05, 4.69) is 10.3 Å². The Morgan fingerprint density at radius 2 is 1.44 bits per heavy atom. The number of carbonyl (C=O) groups excluding carboxylic acids is 1. The number of aliphatic hydroxyl groups is 1. The van der Waals surface area contributed by atoms with Crippen LogP contribution in [0.25, 0.3) is 5.76 Å². The Balaban J connectivity index is 1.87. The Morgan fingerprint density at radius 1 is 0.906 bits per heavy atom. The van der Waals surface area contributed by atoms with Gasteiger partial charge in [0.05, 0.1) is 10.5 Å². The lowest BCUT2D eigenvalue weighted by Gasteiger charge is -2.08. The summed E-state index contributed by atoms with van der Waals surface area (Å²) in [5.74, 6) is -0.653. The van der Waals surface area contributed by atoms with E-state index in [1.807, 2.05) is 0 Å². The number of primary sulfonamides is 1. The molecule has 7 nitrogen and oxygen atoms in total. The fourth-order valence-corrected chi connectivity index (χ4v) is 3.42. The number of carbonyl (C=O) groups is 1. The maximum absolute atomic E-state index is 13.0. The number of hydrogen-bond donors (Lipinski definition) is 3. The normalized spacial score (nSPS) is 12.3. The second-order valence-electron chi connectivity index (χ2n) is 6.58. The first-order valence-electron chi connectivity index (χ1n) is 9.32. The number of rotatable bonds is 6. The minimum Gasteiger partial charge on any atom is -0.506 e. The van der Waals surface area contributed by atoms with Gasteiger partial charge in [-0.2, -0.15) is 0 Å². The number of aliphatic hydroxyl groups excluding tert-OH is 1. The molecule has 3 aromatic carbocycles. The van der Waals surface area contributed by atoms with Gasteiger partial charge < -0.3 is 10.4 Å². The summed E-state index contributed by atoms with van der Waals surface area (Å²) in [6.07, 6.45) is 1.20. The number of hydrogen-bond acceptors (Lipinski definition) is 5. The smallest absolute Gasteiger partial charge is 0.238 e. The van der Waals surface area contributed by atoms with Crippen LogP contribution >= 0.6 is 12.2 Å². The van der Waals surface area contributed by atoms with Gasteiger partial charge in [-0.25, -0.2) is 18.5 Å². The zero-order valence-electron chi connectivity index (χ0n) is 16.7. The van der Waals surface area contributed by atoms with E-state index in [1.54, 1.807) is 60.7 Å². The molecule has 0 radical (unpaired) electrons. The molecule has 0 aliphatic carbocycles. The van der Waals surface area contributed by atoms with Gasteiger partial charge in [-0.05, 0) is 36.5 Å². The Hall–Kier alpha value is -3.66. The van der Waals surface area contributed by atoms with Crippen molar-refractivity contribution >= 4 is 50.8 Å². The number of anilines is 1. The van der Waals surface area contributed by atoms with E-state index in [0.29, 0.717) is 16.8 Å². The van der Waals surface area contributed by atoms with Gasteiger partial charge in [0.25, 0.3) is 0 Å². The number of aliphatic imine (C=N–C) groups is 1. The van der Waals surface area contributed by atoms with E-state index >= 15 is 0 Å². The Morgan fingerprint density at radius 3 is 1.97 bits per heavy atom. The van der Waals surface area contributed by atoms with Gasteiger partial charge >= 0.3 is 0 Å². The third-order valence-corrected chi connectivity index (χ3v) is 5.46. The maximum Gasteiger partial charge on any atom is 0.238 e. The van der Waals surface area contributed by atoms with Crippen LogP contribution in [0.15, 0.2) is 100 Å². The van der Waals surface area contributed by atoms with Crippen molar-refractivity contribution in [2.75, 3.05) is 5.32 Å². The van der Waals surface area contributed by atoms with Gasteiger partial charge in [0.2, 0.25) is 10.0 Å². The number of Topliss-reactive ketones (excluding diaryl/α,β-unsaturated/α-hetero) is 1. The lowest BCUT2D eigenvalue weighted by molar-refractivity contribution is 0.104. The molecule has 0 saturated heterocycles. The van der Waals surface area contributed by atoms with E-state index in [-0.39, 0.29) is 21.3 Å². The predicted octanol–water partition coefficient (Wildman–Crippen LogP) is 3.95. The fourth-order valence-electron chi connectivity index (χ4n) is 2.73. The van der Waals surface area contributed by atoms with Gasteiger partial charge in [-0.15, -0.1) is 0 Å². The van der Waals surface area contributed by atoms with Gasteiger partial charge in [0, 0.05) is 23.0 Å². The third kappa shape index (κ3) is 5.94. The molecule has 0 atom stereocenters. The van der Waals surface area contributed by atoms with Crippen molar-refractivity contribution in [3.8, 4) is 0 Å². The van der Waals surface area contributed by atoms with E-state index in [4.69, 9.17) is 17.4 Å². The number of nitrogens with one attached hydrogen (secondary N) is 1. The number of nitrogens with zero attached hydrogens (tertiary/aromatic N) is 1. The van der Waals surface area contributed by atoms with Crippen molar-refractivity contribution in [3.63, 3.8) is 0 Å². The molecule has 0 saturated carbocycles. The van der Waals surface area contributed by atoms with E-state index < -0.39 is 15.8 Å². The van der Waals surface area contributed by atoms with Crippen LogP contribution in [0.4, 0.5) is 5.69 Å². The van der Waals surface area contributed by atoms with Crippen molar-refractivity contribution in [2.45, 2.75) is 4.90 Å². The molecular weight excluding hydrogens is 446 g/mol. The molecule has 3 rings (SSSR count). The SMILES string of the molecule is NS(=O)(=O)c1ccc(NC(=S)/N=C/C(C(=O)c2ccccc2)=C(/O)c2ccccc2)cc1. The van der Waals surface area contributed by atoms with Crippen molar-refractivity contribution in [3.05, 3.63) is 102 Å². The highest BCUT2D eigenvalue weighted by Crippen LogP contribution is 2.19. The number of nitrogens with two attached hydrogens (primary N) is 1. The molecular formula is C23H19N3O4S2. The average molecular weight is 466 g/mol. The Kier molecular flexibility index (Phi) is 7.26. The first kappa shape index (κ1) is 23.0. The van der Waals surface area contributed by atoms with E-state index in [9.17, 15) is 18.3 Å². The van der Waals surface area contributed by atoms with Crippen LogP contribution < -0.4 is 10.5 Å². The largest absolute Gasteiger partial charge is 0.506 e. The third-order valence-electron chi connectivity index (χ3n) is 4.33. The van der Waals surface area contributed by atoms with Crippen molar-refractivity contribution in [1.29, 1.82) is 0 Å². The highest BCUT2D eigenvalue weighted by molar-refractivity contribution is 7.89. The van der Waals surface area contributed by atoms with Crippen LogP contribution in [0.2, 0.25) is 0 Å². The number of benzene rings is 3. The zero-order chi connectivity index (χ0) is 23.1. The summed E-state index contributed by atoms with van der Waals surface area (Å²) in [6.45, 7) is 0. The lowest BCUT2D eigenvalue weighted by atomic mass is 10.0. The first-order chi connectivity index (χ1) is 15.3. The first-order valence-corrected chi connectivity index (χ1v) is 11.3. The van der Waals surface area contributed by atoms with Crippen molar-refractivity contribution < 1.29 is 18.3 Å². The molecule has 0 bridgehead atoms. The molecule has 0 amide bonds. The summed E-state index contributed by atoms with van der Waals surface area (Å²) in [7, 11) is -3.80. The van der Waals surface area contributed by atoms with E-state index in [1.165, 1.54) is 30.5 Å². The second-order valence-corrected chi connectivity index (χ2v) is 8.53. The van der Waals surface area contributed by atoms with Crippen LogP contribution in [-0.4, -0.2) is 30.6 Å². The molecule has 9 heteroatoms. The summed E-state index contributed by atoms with van der Waals surface area (Å²) in [5.41, 5.74) is 1.28. The van der Waals surface area contributed by atoms with Gasteiger partial charge in [-0.1, -0.05) is 60.7 Å². The van der Waals surface area contributed by atoms with E-state index in [0.717, 1.165) is 0 Å². The van der Waals surface area contributed by atoms with Crippen LogP contribution in [0, 0.1) is 0 Å². The molecule has 0 spiro atoms. The summed E-state index contributed by atoms with van der Waals surface area (Å²) >= 11 is 5.20. The molecule has 0 aliphatic heterocycles. The molecule has 32 heavy (non-hydrogen) atoms. The predicted molar refractivity (Wildman–Crippen MR) is 129 cm³/mol. The summed E-state index contributed by atoms with van der Waals surface area (Å²) in [6, 6.07) is 22.7. The van der Waals surface area contributed by atoms with Crippen LogP contribution in [0.1, 0.15) is 15.9 Å². The highest BCUT2D eigenvalue weighted by atomic mass is 32.2. The molecule has 0 unspecified atom stereocenters. The van der Waals surface area contributed by atoms with Gasteiger partial charge in [-0.3, -0.25) is 4.79 Å². The van der Waals surface area contributed by atoms with Gasteiger partial charge in [0.1, 0.15) is 5.76 Å². The summed E-state index contributed by atoms with van der Waals surface area (Å²) in [5, 5.41) is 18.7. The maximum atomic E-state index is 13.0. The number of sulfonamides is 1. The number of thiocarbonyl (C=S) groups is 1. The zero-order valence-corrected chi connectivity index (χ0v) is 18.3.